The molecule has 1 N–H and O–H groups in total. The molecule has 2 aliphatic heterocycles. The third-order valence-electron chi connectivity index (χ3n) is 3.82. The summed E-state index contributed by atoms with van der Waals surface area (Å²) in [6, 6.07) is 0. The fraction of sp³-hybridized carbons (Fsp3) is 0.769. The average molecular weight is 268 g/mol. The van der Waals surface area contributed by atoms with Crippen LogP contribution in [0.15, 0.2) is 5.38 Å². The molecule has 5 heteroatoms. The number of aryl methyl sites for hydroxylation is 1. The molecule has 0 saturated carbocycles. The fourth-order valence-corrected chi connectivity index (χ4v) is 3.42. The number of piperidine rings is 1. The summed E-state index contributed by atoms with van der Waals surface area (Å²) >= 11 is 1.68. The highest BCUT2D eigenvalue weighted by atomic mass is 32.1. The zero-order chi connectivity index (χ0) is 12.4. The van der Waals surface area contributed by atoms with Crippen LogP contribution in [0, 0.1) is 6.92 Å². The summed E-state index contributed by atoms with van der Waals surface area (Å²) < 4.78 is 11.9. The molecule has 0 amide bonds. The summed E-state index contributed by atoms with van der Waals surface area (Å²) in [5.41, 5.74) is 1.14. The summed E-state index contributed by atoms with van der Waals surface area (Å²) in [5.74, 6) is 0. The Morgan fingerprint density at radius 1 is 1.56 bits per heavy atom. The van der Waals surface area contributed by atoms with Gasteiger partial charge in [-0.1, -0.05) is 0 Å². The molecule has 1 atom stereocenters. The monoisotopic (exact) mass is 268 g/mol. The van der Waals surface area contributed by atoms with Crippen LogP contribution in [-0.2, 0) is 16.1 Å². The quantitative estimate of drug-likeness (QED) is 0.909. The summed E-state index contributed by atoms with van der Waals surface area (Å²) in [6.45, 7) is 5.52. The Morgan fingerprint density at radius 2 is 2.39 bits per heavy atom. The van der Waals surface area contributed by atoms with Gasteiger partial charge in [0, 0.05) is 11.8 Å². The first-order chi connectivity index (χ1) is 8.76. The highest BCUT2D eigenvalue weighted by Gasteiger charge is 2.41. The van der Waals surface area contributed by atoms with Crippen molar-refractivity contribution in [3.63, 3.8) is 0 Å². The van der Waals surface area contributed by atoms with Crippen molar-refractivity contribution in [1.29, 1.82) is 0 Å². The molecule has 0 unspecified atom stereocenters. The summed E-state index contributed by atoms with van der Waals surface area (Å²) in [4.78, 5) is 4.42. The van der Waals surface area contributed by atoms with Crippen molar-refractivity contribution in [1.82, 2.24) is 10.3 Å². The molecule has 4 nitrogen and oxygen atoms in total. The lowest BCUT2D eigenvalue weighted by Gasteiger charge is -2.32. The van der Waals surface area contributed by atoms with Crippen LogP contribution in [0.4, 0.5) is 0 Å². The second-order valence-electron chi connectivity index (χ2n) is 5.24. The molecule has 0 aliphatic carbocycles. The third-order valence-corrected chi connectivity index (χ3v) is 4.65. The average Bonchev–Trinajstić information content (AvgIpc) is 2.96. The zero-order valence-electron chi connectivity index (χ0n) is 10.8. The highest BCUT2D eigenvalue weighted by molar-refractivity contribution is 7.09. The van der Waals surface area contributed by atoms with Gasteiger partial charge in [-0.25, -0.2) is 4.98 Å². The lowest BCUT2D eigenvalue weighted by molar-refractivity contribution is -0.0241. The van der Waals surface area contributed by atoms with Crippen LogP contribution in [0.2, 0.25) is 0 Å². The van der Waals surface area contributed by atoms with Gasteiger partial charge in [-0.05, 0) is 32.9 Å². The maximum absolute atomic E-state index is 6.00. The van der Waals surface area contributed by atoms with Gasteiger partial charge in [0.2, 0.25) is 0 Å². The topological polar surface area (TPSA) is 43.4 Å². The van der Waals surface area contributed by atoms with E-state index in [0.717, 1.165) is 49.7 Å². The molecular formula is C13H20N2O2S. The fourth-order valence-electron chi connectivity index (χ4n) is 2.82. The second-order valence-corrected chi connectivity index (χ2v) is 6.30. The molecule has 18 heavy (non-hydrogen) atoms. The molecule has 2 saturated heterocycles. The van der Waals surface area contributed by atoms with Crippen molar-refractivity contribution >= 4 is 11.3 Å². The molecule has 1 aromatic heterocycles. The van der Waals surface area contributed by atoms with Crippen LogP contribution >= 0.6 is 11.3 Å². The second kappa shape index (κ2) is 5.25. The molecule has 0 radical (unpaired) electrons. The number of hydrogen-bond donors (Lipinski definition) is 1. The van der Waals surface area contributed by atoms with Gasteiger partial charge < -0.3 is 14.8 Å². The Morgan fingerprint density at radius 3 is 3.11 bits per heavy atom. The number of hydrogen-bond acceptors (Lipinski definition) is 5. The highest BCUT2D eigenvalue weighted by Crippen LogP contribution is 2.35. The number of thiazole rings is 1. The Bertz CT molecular complexity index is 401. The zero-order valence-corrected chi connectivity index (χ0v) is 11.6. The van der Waals surface area contributed by atoms with Crippen molar-refractivity contribution < 1.29 is 9.47 Å². The predicted octanol–water partition coefficient (Wildman–Crippen LogP) is 1.88. The minimum atomic E-state index is 0.0912. The first-order valence-corrected chi connectivity index (χ1v) is 7.51. The molecule has 0 bridgehead atoms. The molecule has 2 aliphatic rings. The summed E-state index contributed by atoms with van der Waals surface area (Å²) in [7, 11) is 0. The van der Waals surface area contributed by atoms with E-state index in [0.29, 0.717) is 6.61 Å². The van der Waals surface area contributed by atoms with E-state index in [4.69, 9.17) is 9.47 Å². The molecule has 1 spiro atoms. The van der Waals surface area contributed by atoms with Gasteiger partial charge in [0.25, 0.3) is 0 Å². The lowest BCUT2D eigenvalue weighted by atomic mass is 9.89. The molecule has 100 valence electrons. The van der Waals surface area contributed by atoms with Crippen molar-refractivity contribution in [2.45, 2.75) is 44.5 Å². The van der Waals surface area contributed by atoms with E-state index in [-0.39, 0.29) is 11.7 Å². The van der Waals surface area contributed by atoms with E-state index in [2.05, 4.69) is 15.7 Å². The Hall–Kier alpha value is -0.490. The molecule has 2 fully saturated rings. The van der Waals surface area contributed by atoms with Crippen molar-refractivity contribution in [3.05, 3.63) is 16.1 Å². The van der Waals surface area contributed by atoms with E-state index in [1.165, 1.54) is 0 Å². The first-order valence-electron chi connectivity index (χ1n) is 6.63. The minimum absolute atomic E-state index is 0.0912. The van der Waals surface area contributed by atoms with Crippen LogP contribution in [-0.4, -0.2) is 36.4 Å². The molecule has 0 aromatic carbocycles. The van der Waals surface area contributed by atoms with E-state index < -0.39 is 0 Å². The molecule has 3 rings (SSSR count). The molecule has 3 heterocycles. The maximum Gasteiger partial charge on any atom is 0.0901 e. The predicted molar refractivity (Wildman–Crippen MR) is 70.8 cm³/mol. The van der Waals surface area contributed by atoms with E-state index in [1.54, 1.807) is 11.3 Å². The third kappa shape index (κ3) is 2.74. The van der Waals surface area contributed by atoms with Gasteiger partial charge in [0.05, 0.1) is 35.6 Å². The van der Waals surface area contributed by atoms with Gasteiger partial charge in [-0.3, -0.25) is 0 Å². The number of nitrogens with one attached hydrogen (secondary N) is 1. The number of aromatic nitrogens is 1. The smallest absolute Gasteiger partial charge is 0.0901 e. The van der Waals surface area contributed by atoms with Gasteiger partial charge in [-0.15, -0.1) is 11.3 Å². The molecular weight excluding hydrogens is 248 g/mol. The standard InChI is InChI=1S/C13H20N2O2S/c1-10-15-11(9-18-10)7-16-12-6-13(17-8-12)2-4-14-5-3-13/h9,12,14H,2-8H2,1H3/t12-/m0/s1. The SMILES string of the molecule is Cc1nc(CO[C@@H]2COC3(CCNCC3)C2)cs1. The summed E-state index contributed by atoms with van der Waals surface area (Å²) in [6.07, 6.45) is 3.51. The van der Waals surface area contributed by atoms with E-state index in [1.807, 2.05) is 6.92 Å². The van der Waals surface area contributed by atoms with Gasteiger partial charge in [0.15, 0.2) is 0 Å². The molecule has 1 aromatic rings. The van der Waals surface area contributed by atoms with Crippen LogP contribution in [0.3, 0.4) is 0 Å². The number of rotatable bonds is 3. The van der Waals surface area contributed by atoms with Crippen LogP contribution in [0.25, 0.3) is 0 Å². The Labute approximate surface area is 112 Å². The van der Waals surface area contributed by atoms with Gasteiger partial charge in [-0.2, -0.15) is 0 Å². The normalized spacial score (nSPS) is 26.8. The summed E-state index contributed by atoms with van der Waals surface area (Å²) in [5, 5.41) is 6.56. The van der Waals surface area contributed by atoms with E-state index >= 15 is 0 Å². The Kier molecular flexibility index (Phi) is 3.66. The van der Waals surface area contributed by atoms with Crippen LogP contribution in [0.5, 0.6) is 0 Å². The minimum Gasteiger partial charge on any atom is -0.372 e. The number of ether oxygens (including phenoxy) is 2. The van der Waals surface area contributed by atoms with Crippen molar-refractivity contribution in [2.75, 3.05) is 19.7 Å². The maximum atomic E-state index is 6.00. The van der Waals surface area contributed by atoms with Crippen molar-refractivity contribution in [3.8, 4) is 0 Å². The van der Waals surface area contributed by atoms with Crippen LogP contribution in [0.1, 0.15) is 30.0 Å². The van der Waals surface area contributed by atoms with Gasteiger partial charge >= 0.3 is 0 Å². The van der Waals surface area contributed by atoms with Crippen molar-refractivity contribution in [2.24, 2.45) is 0 Å². The number of nitrogens with zero attached hydrogens (tertiary/aromatic N) is 1. The Balaban J connectivity index is 1.50. The van der Waals surface area contributed by atoms with Crippen LogP contribution < -0.4 is 5.32 Å². The largest absolute Gasteiger partial charge is 0.372 e. The van der Waals surface area contributed by atoms with Gasteiger partial charge in [0.1, 0.15) is 0 Å². The first kappa shape index (κ1) is 12.5. The lowest BCUT2D eigenvalue weighted by Crippen LogP contribution is -2.41. The van der Waals surface area contributed by atoms with E-state index in [9.17, 15) is 0 Å².